The molecule has 100 valence electrons. The van der Waals surface area contributed by atoms with Gasteiger partial charge in [-0.25, -0.2) is 0 Å². The van der Waals surface area contributed by atoms with Gasteiger partial charge >= 0.3 is 0 Å². The number of hydrogen-bond acceptors (Lipinski definition) is 3. The Labute approximate surface area is 105 Å². The van der Waals surface area contributed by atoms with Crippen molar-refractivity contribution in [2.24, 2.45) is 0 Å². The van der Waals surface area contributed by atoms with Crippen molar-refractivity contribution in [1.82, 2.24) is 15.1 Å². The molecular formula is C13H27N3O. The quantitative estimate of drug-likeness (QED) is 0.778. The van der Waals surface area contributed by atoms with Crippen LogP contribution in [0.1, 0.15) is 34.1 Å². The van der Waals surface area contributed by atoms with Gasteiger partial charge < -0.3 is 10.2 Å². The van der Waals surface area contributed by atoms with Crippen LogP contribution in [0.25, 0.3) is 0 Å². The number of hydrogen-bond donors (Lipinski definition) is 1. The molecule has 4 nitrogen and oxygen atoms in total. The average molecular weight is 241 g/mol. The van der Waals surface area contributed by atoms with Crippen LogP contribution in [-0.4, -0.2) is 60.5 Å². The van der Waals surface area contributed by atoms with Crippen LogP contribution in [0.15, 0.2) is 0 Å². The highest BCUT2D eigenvalue weighted by Crippen LogP contribution is 2.05. The molecule has 0 spiro atoms. The Hall–Kier alpha value is -0.610. The summed E-state index contributed by atoms with van der Waals surface area (Å²) in [5.74, 6) is 0.244. The number of nitrogens with one attached hydrogen (secondary N) is 1. The van der Waals surface area contributed by atoms with Gasteiger partial charge in [0.25, 0.3) is 0 Å². The van der Waals surface area contributed by atoms with Crippen LogP contribution in [0.5, 0.6) is 0 Å². The molecule has 0 aromatic carbocycles. The first kappa shape index (κ1) is 14.5. The lowest BCUT2D eigenvalue weighted by Gasteiger charge is -2.37. The van der Waals surface area contributed by atoms with Gasteiger partial charge in [-0.05, 0) is 27.2 Å². The highest BCUT2D eigenvalue weighted by atomic mass is 16.2. The molecule has 1 atom stereocenters. The third kappa shape index (κ3) is 4.64. The summed E-state index contributed by atoms with van der Waals surface area (Å²) in [5, 5.41) is 3.26. The van der Waals surface area contributed by atoms with Crippen LogP contribution in [0.2, 0.25) is 0 Å². The summed E-state index contributed by atoms with van der Waals surface area (Å²) < 4.78 is 0. The fourth-order valence-electron chi connectivity index (χ4n) is 2.01. The predicted molar refractivity (Wildman–Crippen MR) is 71.0 cm³/mol. The van der Waals surface area contributed by atoms with Gasteiger partial charge in [-0.15, -0.1) is 0 Å². The molecule has 1 unspecified atom stereocenters. The molecular weight excluding hydrogens is 214 g/mol. The summed E-state index contributed by atoms with van der Waals surface area (Å²) in [5.41, 5.74) is 0. The highest BCUT2D eigenvalue weighted by molar-refractivity contribution is 5.78. The maximum absolute atomic E-state index is 11.9. The lowest BCUT2D eigenvalue weighted by Crippen LogP contribution is -2.52. The molecule has 0 aromatic rings. The third-order valence-electron chi connectivity index (χ3n) is 3.61. The SMILES string of the molecule is CCC(C)NCC(=O)N1CCN(C(C)C)CC1. The van der Waals surface area contributed by atoms with E-state index in [0.29, 0.717) is 18.6 Å². The van der Waals surface area contributed by atoms with Crippen molar-refractivity contribution in [3.05, 3.63) is 0 Å². The summed E-state index contributed by atoms with van der Waals surface area (Å²) in [6.07, 6.45) is 1.06. The highest BCUT2D eigenvalue weighted by Gasteiger charge is 2.22. The van der Waals surface area contributed by atoms with Crippen molar-refractivity contribution in [3.8, 4) is 0 Å². The molecule has 1 heterocycles. The predicted octanol–water partition coefficient (Wildman–Crippen LogP) is 0.927. The van der Waals surface area contributed by atoms with E-state index < -0.39 is 0 Å². The van der Waals surface area contributed by atoms with Crippen LogP contribution in [0.4, 0.5) is 0 Å². The molecule has 1 aliphatic heterocycles. The Balaban J connectivity index is 2.26. The molecule has 0 aliphatic carbocycles. The zero-order valence-corrected chi connectivity index (χ0v) is 11.7. The first-order valence-electron chi connectivity index (χ1n) is 6.79. The average Bonchev–Trinajstić information content (AvgIpc) is 2.35. The molecule has 0 bridgehead atoms. The van der Waals surface area contributed by atoms with Gasteiger partial charge in [0.05, 0.1) is 6.54 Å². The fraction of sp³-hybridized carbons (Fsp3) is 0.923. The summed E-state index contributed by atoms with van der Waals surface area (Å²) in [6.45, 7) is 12.9. The second-order valence-corrected chi connectivity index (χ2v) is 5.20. The van der Waals surface area contributed by atoms with E-state index in [0.717, 1.165) is 32.6 Å². The van der Waals surface area contributed by atoms with Gasteiger partial charge in [0, 0.05) is 38.3 Å². The molecule has 0 aromatic heterocycles. The second-order valence-electron chi connectivity index (χ2n) is 5.20. The van der Waals surface area contributed by atoms with Gasteiger partial charge in [0.2, 0.25) is 5.91 Å². The number of carbonyl (C=O) groups excluding carboxylic acids is 1. The van der Waals surface area contributed by atoms with Crippen LogP contribution >= 0.6 is 0 Å². The number of rotatable bonds is 5. The number of piperazine rings is 1. The van der Waals surface area contributed by atoms with Crippen LogP contribution < -0.4 is 5.32 Å². The van der Waals surface area contributed by atoms with Crippen molar-refractivity contribution < 1.29 is 4.79 Å². The minimum Gasteiger partial charge on any atom is -0.339 e. The van der Waals surface area contributed by atoms with Crippen molar-refractivity contribution in [2.75, 3.05) is 32.7 Å². The molecule has 1 N–H and O–H groups in total. The Morgan fingerprint density at radius 2 is 1.76 bits per heavy atom. The standard InChI is InChI=1S/C13H27N3O/c1-5-12(4)14-10-13(17)16-8-6-15(7-9-16)11(2)3/h11-12,14H,5-10H2,1-4H3. The van der Waals surface area contributed by atoms with E-state index in [-0.39, 0.29) is 5.91 Å². The monoisotopic (exact) mass is 241 g/mol. The molecule has 4 heteroatoms. The van der Waals surface area contributed by atoms with E-state index in [4.69, 9.17) is 0 Å². The zero-order valence-electron chi connectivity index (χ0n) is 11.7. The lowest BCUT2D eigenvalue weighted by atomic mass is 10.2. The Bertz CT molecular complexity index is 235. The van der Waals surface area contributed by atoms with Crippen LogP contribution in [-0.2, 0) is 4.79 Å². The third-order valence-corrected chi connectivity index (χ3v) is 3.61. The Morgan fingerprint density at radius 3 is 2.24 bits per heavy atom. The minimum absolute atomic E-state index is 0.244. The number of amides is 1. The minimum atomic E-state index is 0.244. The zero-order chi connectivity index (χ0) is 12.8. The van der Waals surface area contributed by atoms with Crippen LogP contribution in [0, 0.1) is 0 Å². The Morgan fingerprint density at radius 1 is 1.18 bits per heavy atom. The first-order valence-corrected chi connectivity index (χ1v) is 6.79. The molecule has 17 heavy (non-hydrogen) atoms. The van der Waals surface area contributed by atoms with Gasteiger partial charge in [-0.1, -0.05) is 6.92 Å². The lowest BCUT2D eigenvalue weighted by molar-refractivity contribution is -0.132. The fourth-order valence-corrected chi connectivity index (χ4v) is 2.01. The summed E-state index contributed by atoms with van der Waals surface area (Å²) >= 11 is 0. The van der Waals surface area contributed by atoms with E-state index in [9.17, 15) is 4.79 Å². The number of nitrogens with zero attached hydrogens (tertiary/aromatic N) is 2. The van der Waals surface area contributed by atoms with Crippen molar-refractivity contribution in [1.29, 1.82) is 0 Å². The Kier molecular flexibility index (Phi) is 5.92. The van der Waals surface area contributed by atoms with Crippen molar-refractivity contribution >= 4 is 5.91 Å². The normalized spacial score (nSPS) is 19.7. The molecule has 0 radical (unpaired) electrons. The van der Waals surface area contributed by atoms with Gasteiger partial charge in [0.15, 0.2) is 0 Å². The largest absolute Gasteiger partial charge is 0.339 e. The van der Waals surface area contributed by atoms with E-state index in [2.05, 4.69) is 37.9 Å². The summed E-state index contributed by atoms with van der Waals surface area (Å²) in [4.78, 5) is 16.3. The molecule has 1 amide bonds. The summed E-state index contributed by atoms with van der Waals surface area (Å²) in [7, 11) is 0. The smallest absolute Gasteiger partial charge is 0.236 e. The molecule has 1 rings (SSSR count). The number of carbonyl (C=O) groups is 1. The molecule has 0 saturated carbocycles. The summed E-state index contributed by atoms with van der Waals surface area (Å²) in [6, 6.07) is 1.02. The van der Waals surface area contributed by atoms with E-state index in [1.165, 1.54) is 0 Å². The molecule has 1 aliphatic rings. The van der Waals surface area contributed by atoms with Crippen LogP contribution in [0.3, 0.4) is 0 Å². The topological polar surface area (TPSA) is 35.6 Å². The van der Waals surface area contributed by atoms with Crippen molar-refractivity contribution in [2.45, 2.75) is 46.2 Å². The van der Waals surface area contributed by atoms with E-state index in [1.54, 1.807) is 0 Å². The van der Waals surface area contributed by atoms with Gasteiger partial charge in [-0.2, -0.15) is 0 Å². The maximum atomic E-state index is 11.9. The van der Waals surface area contributed by atoms with Gasteiger partial charge in [0.1, 0.15) is 0 Å². The van der Waals surface area contributed by atoms with E-state index in [1.807, 2.05) is 4.90 Å². The second kappa shape index (κ2) is 6.97. The first-order chi connectivity index (χ1) is 8.04. The van der Waals surface area contributed by atoms with E-state index >= 15 is 0 Å². The molecule has 1 fully saturated rings. The molecule has 1 saturated heterocycles. The van der Waals surface area contributed by atoms with Gasteiger partial charge in [-0.3, -0.25) is 9.69 Å². The van der Waals surface area contributed by atoms with Crippen molar-refractivity contribution in [3.63, 3.8) is 0 Å². The maximum Gasteiger partial charge on any atom is 0.236 e.